The third-order valence-electron chi connectivity index (χ3n) is 5.38. The Morgan fingerprint density at radius 2 is 1.86 bits per heavy atom. The fraction of sp³-hybridized carbons (Fsp3) is 1.00. The van der Waals surface area contributed by atoms with Crippen LogP contribution in [0.3, 0.4) is 0 Å². The van der Waals surface area contributed by atoms with Gasteiger partial charge < -0.3 is 9.64 Å². The molecule has 3 saturated heterocycles. The molecule has 0 aliphatic carbocycles. The molecule has 0 bridgehead atoms. The molecule has 3 aliphatic heterocycles. The van der Waals surface area contributed by atoms with Crippen molar-refractivity contribution in [3.8, 4) is 0 Å². The molecular weight excluding hydrogens is 302 g/mol. The fourth-order valence-corrected chi connectivity index (χ4v) is 4.85. The van der Waals surface area contributed by atoms with Gasteiger partial charge in [0.15, 0.2) is 0 Å². The highest BCUT2D eigenvalue weighted by atomic mass is 32.2. The molecule has 7 heteroatoms. The Kier molecular flexibility index (Phi) is 4.81. The van der Waals surface area contributed by atoms with E-state index < -0.39 is 10.0 Å². The molecule has 3 aliphatic rings. The summed E-state index contributed by atoms with van der Waals surface area (Å²) in [5.41, 5.74) is -0.224. The molecule has 1 spiro atoms. The Balaban J connectivity index is 1.56. The first-order valence-electron chi connectivity index (χ1n) is 8.40. The van der Waals surface area contributed by atoms with Crippen LogP contribution < -0.4 is 0 Å². The maximum Gasteiger partial charge on any atom is 0.211 e. The van der Waals surface area contributed by atoms with E-state index in [-0.39, 0.29) is 11.7 Å². The Bertz CT molecular complexity index is 490. The predicted octanol–water partition coefficient (Wildman–Crippen LogP) is 0.207. The quantitative estimate of drug-likeness (QED) is 0.740. The van der Waals surface area contributed by atoms with Crippen molar-refractivity contribution in [1.29, 1.82) is 0 Å². The Morgan fingerprint density at radius 3 is 2.50 bits per heavy atom. The SMILES string of the molecule is CN1CCN(C[C@@H]2CCC[C@@]3(CCN(S(C)(=O)=O)C3)O2)CC1. The van der Waals surface area contributed by atoms with E-state index >= 15 is 0 Å². The largest absolute Gasteiger partial charge is 0.369 e. The third-order valence-corrected chi connectivity index (χ3v) is 6.63. The van der Waals surface area contributed by atoms with Crippen molar-refractivity contribution in [2.45, 2.75) is 37.4 Å². The summed E-state index contributed by atoms with van der Waals surface area (Å²) in [6, 6.07) is 0. The highest BCUT2D eigenvalue weighted by molar-refractivity contribution is 7.88. The molecule has 22 heavy (non-hydrogen) atoms. The molecule has 0 aromatic rings. The minimum Gasteiger partial charge on any atom is -0.369 e. The number of nitrogens with zero attached hydrogens (tertiary/aromatic N) is 3. The van der Waals surface area contributed by atoms with Crippen LogP contribution in [0.25, 0.3) is 0 Å². The molecule has 6 nitrogen and oxygen atoms in total. The van der Waals surface area contributed by atoms with Crippen molar-refractivity contribution in [2.24, 2.45) is 0 Å². The molecule has 3 rings (SSSR count). The van der Waals surface area contributed by atoms with E-state index in [1.807, 2.05) is 0 Å². The van der Waals surface area contributed by atoms with Gasteiger partial charge in [-0.05, 0) is 32.7 Å². The van der Waals surface area contributed by atoms with E-state index in [2.05, 4.69) is 16.8 Å². The van der Waals surface area contributed by atoms with E-state index in [4.69, 9.17) is 4.74 Å². The summed E-state index contributed by atoms with van der Waals surface area (Å²) in [5.74, 6) is 0. The van der Waals surface area contributed by atoms with Crippen LogP contribution in [0.5, 0.6) is 0 Å². The van der Waals surface area contributed by atoms with Crippen molar-refractivity contribution in [2.75, 3.05) is 59.1 Å². The summed E-state index contributed by atoms with van der Waals surface area (Å²) >= 11 is 0. The molecule has 0 amide bonds. The van der Waals surface area contributed by atoms with Gasteiger partial charge in [-0.2, -0.15) is 4.31 Å². The molecule has 0 aromatic carbocycles. The van der Waals surface area contributed by atoms with Crippen LogP contribution >= 0.6 is 0 Å². The second kappa shape index (κ2) is 6.36. The number of ether oxygens (including phenoxy) is 1. The van der Waals surface area contributed by atoms with Gasteiger partial charge in [-0.25, -0.2) is 8.42 Å². The van der Waals surface area contributed by atoms with Crippen LogP contribution in [0.4, 0.5) is 0 Å². The second-order valence-corrected chi connectivity index (χ2v) is 9.25. The van der Waals surface area contributed by atoms with Crippen LogP contribution in [0, 0.1) is 0 Å². The zero-order chi connectivity index (χ0) is 15.8. The molecule has 0 radical (unpaired) electrons. The van der Waals surface area contributed by atoms with Gasteiger partial charge in [-0.3, -0.25) is 4.90 Å². The molecule has 0 N–H and O–H groups in total. The second-order valence-electron chi connectivity index (χ2n) is 7.27. The van der Waals surface area contributed by atoms with Crippen molar-refractivity contribution >= 4 is 10.0 Å². The average molecular weight is 331 g/mol. The van der Waals surface area contributed by atoms with Crippen LogP contribution in [-0.4, -0.2) is 93.3 Å². The van der Waals surface area contributed by atoms with E-state index in [0.717, 1.165) is 58.4 Å². The molecule has 0 unspecified atom stereocenters. The average Bonchev–Trinajstić information content (AvgIpc) is 2.85. The van der Waals surface area contributed by atoms with Crippen LogP contribution in [-0.2, 0) is 14.8 Å². The highest BCUT2D eigenvalue weighted by Crippen LogP contribution is 2.37. The first kappa shape index (κ1) is 16.6. The summed E-state index contributed by atoms with van der Waals surface area (Å²) in [7, 11) is -0.923. The van der Waals surface area contributed by atoms with Gasteiger partial charge in [0.1, 0.15) is 0 Å². The molecule has 0 aromatic heterocycles. The number of hydrogen-bond donors (Lipinski definition) is 0. The first-order valence-corrected chi connectivity index (χ1v) is 10.3. The summed E-state index contributed by atoms with van der Waals surface area (Å²) in [4.78, 5) is 4.85. The lowest BCUT2D eigenvalue weighted by Crippen LogP contribution is -2.51. The van der Waals surface area contributed by atoms with Gasteiger partial charge in [0.05, 0.1) is 18.0 Å². The van der Waals surface area contributed by atoms with Gasteiger partial charge in [-0.1, -0.05) is 0 Å². The smallest absolute Gasteiger partial charge is 0.211 e. The Morgan fingerprint density at radius 1 is 1.14 bits per heavy atom. The Hall–Kier alpha value is -0.210. The number of sulfonamides is 1. The first-order chi connectivity index (χ1) is 10.4. The lowest BCUT2D eigenvalue weighted by Gasteiger charge is -2.41. The summed E-state index contributed by atoms with van der Waals surface area (Å²) < 4.78 is 31.5. The van der Waals surface area contributed by atoms with Crippen molar-refractivity contribution in [3.63, 3.8) is 0 Å². The monoisotopic (exact) mass is 331 g/mol. The molecular formula is C15H29N3O3S. The van der Waals surface area contributed by atoms with Crippen LogP contribution in [0.15, 0.2) is 0 Å². The summed E-state index contributed by atoms with van der Waals surface area (Å²) in [6.07, 6.45) is 5.66. The molecule has 2 atom stereocenters. The van der Waals surface area contributed by atoms with Gasteiger partial charge in [0.2, 0.25) is 10.0 Å². The number of likely N-dealkylation sites (N-methyl/N-ethyl adjacent to an activating group) is 1. The molecule has 0 saturated carbocycles. The normalized spacial score (nSPS) is 36.2. The number of piperazine rings is 1. The predicted molar refractivity (Wildman–Crippen MR) is 86.4 cm³/mol. The van der Waals surface area contributed by atoms with E-state index in [1.165, 1.54) is 6.26 Å². The minimum absolute atomic E-state index is 0.224. The van der Waals surface area contributed by atoms with Gasteiger partial charge in [0.25, 0.3) is 0 Å². The van der Waals surface area contributed by atoms with Crippen LogP contribution in [0.2, 0.25) is 0 Å². The van der Waals surface area contributed by atoms with Crippen molar-refractivity contribution in [3.05, 3.63) is 0 Å². The minimum atomic E-state index is -3.09. The fourth-order valence-electron chi connectivity index (χ4n) is 3.96. The van der Waals surface area contributed by atoms with Gasteiger partial charge in [-0.15, -0.1) is 0 Å². The maximum atomic E-state index is 11.7. The maximum absolute atomic E-state index is 11.7. The zero-order valence-corrected chi connectivity index (χ0v) is 14.6. The molecule has 3 heterocycles. The van der Waals surface area contributed by atoms with E-state index in [9.17, 15) is 8.42 Å². The lowest BCUT2D eigenvalue weighted by atomic mass is 9.90. The highest BCUT2D eigenvalue weighted by Gasteiger charge is 2.45. The van der Waals surface area contributed by atoms with Crippen molar-refractivity contribution < 1.29 is 13.2 Å². The Labute approximate surface area is 134 Å². The summed E-state index contributed by atoms with van der Waals surface area (Å²) in [5, 5.41) is 0. The number of rotatable bonds is 3. The van der Waals surface area contributed by atoms with Gasteiger partial charge in [0, 0.05) is 45.8 Å². The number of hydrogen-bond acceptors (Lipinski definition) is 5. The third kappa shape index (κ3) is 3.82. The van der Waals surface area contributed by atoms with Crippen molar-refractivity contribution in [1.82, 2.24) is 14.1 Å². The molecule has 128 valence electrons. The van der Waals surface area contributed by atoms with Gasteiger partial charge >= 0.3 is 0 Å². The van der Waals surface area contributed by atoms with Crippen LogP contribution in [0.1, 0.15) is 25.7 Å². The van der Waals surface area contributed by atoms with E-state index in [1.54, 1.807) is 4.31 Å². The van der Waals surface area contributed by atoms with E-state index in [0.29, 0.717) is 13.1 Å². The topological polar surface area (TPSA) is 53.1 Å². The zero-order valence-electron chi connectivity index (χ0n) is 13.8. The standard InChI is InChI=1S/C15H29N3O3S/c1-16-8-10-17(11-9-16)12-14-4-3-5-15(21-14)6-7-18(13-15)22(2,19)20/h14H,3-13H2,1-2H3/t14-,15-/m0/s1. The molecule has 3 fully saturated rings. The lowest BCUT2D eigenvalue weighted by molar-refractivity contribution is -0.128. The summed E-state index contributed by atoms with van der Waals surface area (Å²) in [6.45, 7) is 6.62.